The van der Waals surface area contributed by atoms with Gasteiger partial charge in [-0.05, 0) is 59.6 Å². The molecule has 0 aliphatic rings. The van der Waals surface area contributed by atoms with Crippen molar-refractivity contribution in [3.63, 3.8) is 0 Å². The summed E-state index contributed by atoms with van der Waals surface area (Å²) in [7, 11) is 0. The van der Waals surface area contributed by atoms with Gasteiger partial charge in [-0.1, -0.05) is 41.4 Å². The van der Waals surface area contributed by atoms with Crippen LogP contribution in [0.25, 0.3) is 0 Å². The van der Waals surface area contributed by atoms with Crippen molar-refractivity contribution in [2.45, 2.75) is 26.9 Å². The Hall–Kier alpha value is -2.68. The lowest BCUT2D eigenvalue weighted by Gasteiger charge is -2.08. The van der Waals surface area contributed by atoms with Gasteiger partial charge in [0.15, 0.2) is 5.82 Å². The molecule has 33 heavy (non-hydrogen) atoms. The van der Waals surface area contributed by atoms with Crippen LogP contribution in [-0.4, -0.2) is 25.5 Å². The predicted octanol–water partition coefficient (Wildman–Crippen LogP) is 6.25. The molecular weight excluding hydrogens is 532 g/mol. The van der Waals surface area contributed by atoms with Gasteiger partial charge in [-0.2, -0.15) is 10.2 Å². The summed E-state index contributed by atoms with van der Waals surface area (Å²) < 4.78 is 18.4. The van der Waals surface area contributed by atoms with Crippen molar-refractivity contribution in [1.82, 2.24) is 19.6 Å². The van der Waals surface area contributed by atoms with Crippen molar-refractivity contribution in [2.24, 2.45) is 0 Å². The van der Waals surface area contributed by atoms with Gasteiger partial charge in [-0.25, -0.2) is 4.39 Å². The molecule has 0 spiro atoms. The summed E-state index contributed by atoms with van der Waals surface area (Å²) in [6.45, 7) is 4.51. The van der Waals surface area contributed by atoms with Crippen molar-refractivity contribution >= 4 is 50.9 Å². The van der Waals surface area contributed by atoms with Crippen molar-refractivity contribution in [3.05, 3.63) is 97.1 Å². The molecule has 0 aliphatic heterocycles. The number of aryl methyl sites for hydroxylation is 1. The van der Waals surface area contributed by atoms with Gasteiger partial charge in [0.05, 0.1) is 29.0 Å². The smallest absolute Gasteiger partial charge is 0.256 e. The van der Waals surface area contributed by atoms with E-state index in [0.29, 0.717) is 22.7 Å². The number of halogens is 4. The maximum atomic E-state index is 14.1. The quantitative estimate of drug-likeness (QED) is 0.308. The maximum Gasteiger partial charge on any atom is 0.256 e. The Kier molecular flexibility index (Phi) is 6.88. The Morgan fingerprint density at radius 3 is 2.55 bits per heavy atom. The van der Waals surface area contributed by atoms with E-state index >= 15 is 0 Å². The lowest BCUT2D eigenvalue weighted by molar-refractivity contribution is 0.102. The largest absolute Gasteiger partial charge is 0.304 e. The fraction of sp³-hybridized carbons (Fsp3) is 0.174. The molecule has 1 N–H and O–H groups in total. The summed E-state index contributed by atoms with van der Waals surface area (Å²) in [5.41, 5.74) is 3.58. The van der Waals surface area contributed by atoms with E-state index < -0.39 is 5.82 Å². The maximum absolute atomic E-state index is 14.1. The van der Waals surface area contributed by atoms with Crippen LogP contribution in [0.1, 0.15) is 32.9 Å². The van der Waals surface area contributed by atoms with E-state index in [0.717, 1.165) is 21.4 Å². The third-order valence-electron chi connectivity index (χ3n) is 5.15. The fourth-order valence-electron chi connectivity index (χ4n) is 3.40. The van der Waals surface area contributed by atoms with Crippen LogP contribution in [0.3, 0.4) is 0 Å². The average Bonchev–Trinajstić information content (AvgIpc) is 3.24. The molecule has 6 nitrogen and oxygen atoms in total. The molecule has 4 aromatic rings. The van der Waals surface area contributed by atoms with Gasteiger partial charge < -0.3 is 5.32 Å². The first-order valence-corrected chi connectivity index (χ1v) is 11.5. The van der Waals surface area contributed by atoms with Crippen LogP contribution < -0.4 is 5.32 Å². The third-order valence-corrected chi connectivity index (χ3v) is 6.92. The van der Waals surface area contributed by atoms with E-state index in [1.807, 2.05) is 30.7 Å². The number of benzene rings is 2. The van der Waals surface area contributed by atoms with Crippen LogP contribution >= 0.6 is 39.1 Å². The normalized spacial score (nSPS) is 11.1. The molecule has 2 heterocycles. The topological polar surface area (TPSA) is 64.7 Å². The van der Waals surface area contributed by atoms with Gasteiger partial charge in [-0.15, -0.1) is 0 Å². The first kappa shape index (κ1) is 23.5. The van der Waals surface area contributed by atoms with Crippen molar-refractivity contribution in [3.8, 4) is 0 Å². The van der Waals surface area contributed by atoms with Crippen molar-refractivity contribution < 1.29 is 9.18 Å². The zero-order valence-corrected chi connectivity index (χ0v) is 20.8. The zero-order valence-electron chi connectivity index (χ0n) is 17.7. The van der Waals surface area contributed by atoms with E-state index in [9.17, 15) is 9.18 Å². The molecular formula is C23H19BrCl2FN5O. The minimum Gasteiger partial charge on any atom is -0.304 e. The van der Waals surface area contributed by atoms with Crippen LogP contribution in [-0.2, 0) is 13.1 Å². The van der Waals surface area contributed by atoms with E-state index in [2.05, 4.69) is 31.4 Å². The molecule has 0 atom stereocenters. The molecule has 0 saturated carbocycles. The molecule has 0 saturated heterocycles. The minimum atomic E-state index is -0.439. The summed E-state index contributed by atoms with van der Waals surface area (Å²) in [6, 6.07) is 11.7. The van der Waals surface area contributed by atoms with Gasteiger partial charge in [0, 0.05) is 22.3 Å². The van der Waals surface area contributed by atoms with Crippen LogP contribution in [0.2, 0.25) is 10.0 Å². The number of rotatable bonds is 6. The SMILES string of the molecule is Cc1nn(Cc2cccc(C(=O)Nc3nn(Cc4c(F)cccc4Cl)cc3Cl)c2)c(C)c1Br. The number of aromatic nitrogens is 4. The number of hydrogen-bond acceptors (Lipinski definition) is 3. The number of nitrogens with zero attached hydrogens (tertiary/aromatic N) is 4. The molecule has 4 rings (SSSR count). The number of hydrogen-bond donors (Lipinski definition) is 1. The fourth-order valence-corrected chi connectivity index (χ4v) is 4.11. The summed E-state index contributed by atoms with van der Waals surface area (Å²) >= 11 is 15.9. The van der Waals surface area contributed by atoms with Crippen molar-refractivity contribution in [1.29, 1.82) is 0 Å². The number of nitrogens with one attached hydrogen (secondary N) is 1. The Labute approximate surface area is 208 Å². The van der Waals surface area contributed by atoms with Gasteiger partial charge in [0.1, 0.15) is 10.8 Å². The number of carbonyl (C=O) groups is 1. The highest BCUT2D eigenvalue weighted by molar-refractivity contribution is 9.10. The van der Waals surface area contributed by atoms with Gasteiger partial charge in [0.25, 0.3) is 5.91 Å². The number of anilines is 1. The minimum absolute atomic E-state index is 0.0782. The van der Waals surface area contributed by atoms with E-state index in [1.165, 1.54) is 23.0 Å². The second-order valence-corrected chi connectivity index (χ2v) is 9.13. The first-order valence-electron chi connectivity index (χ1n) is 9.98. The molecule has 0 fully saturated rings. The number of amides is 1. The van der Waals surface area contributed by atoms with Crippen molar-refractivity contribution in [2.75, 3.05) is 5.32 Å². The molecule has 0 radical (unpaired) electrons. The Balaban J connectivity index is 1.50. The van der Waals surface area contributed by atoms with Crippen LogP contribution in [0.5, 0.6) is 0 Å². The molecule has 2 aromatic heterocycles. The summed E-state index contributed by atoms with van der Waals surface area (Å²) in [6.07, 6.45) is 1.51. The Morgan fingerprint density at radius 2 is 1.85 bits per heavy atom. The van der Waals surface area contributed by atoms with E-state index in [-0.39, 0.29) is 23.3 Å². The van der Waals surface area contributed by atoms with Gasteiger partial charge in [-0.3, -0.25) is 14.2 Å². The molecule has 170 valence electrons. The summed E-state index contributed by atoms with van der Waals surface area (Å²) in [4.78, 5) is 12.8. The molecule has 2 aromatic carbocycles. The highest BCUT2D eigenvalue weighted by atomic mass is 79.9. The summed E-state index contributed by atoms with van der Waals surface area (Å²) in [5.74, 6) is -0.615. The average molecular weight is 551 g/mol. The molecule has 0 aliphatic carbocycles. The first-order chi connectivity index (χ1) is 15.7. The number of carbonyl (C=O) groups excluding carboxylic acids is 1. The highest BCUT2D eigenvalue weighted by Crippen LogP contribution is 2.25. The lowest BCUT2D eigenvalue weighted by atomic mass is 10.1. The van der Waals surface area contributed by atoms with Crippen LogP contribution in [0, 0.1) is 19.7 Å². The molecule has 0 unspecified atom stereocenters. The molecule has 10 heteroatoms. The lowest BCUT2D eigenvalue weighted by Crippen LogP contribution is -2.14. The molecule has 1 amide bonds. The van der Waals surface area contributed by atoms with Gasteiger partial charge in [0.2, 0.25) is 0 Å². The van der Waals surface area contributed by atoms with Crippen LogP contribution in [0.4, 0.5) is 10.2 Å². The van der Waals surface area contributed by atoms with E-state index in [4.69, 9.17) is 23.2 Å². The Bertz CT molecular complexity index is 1330. The predicted molar refractivity (Wildman–Crippen MR) is 131 cm³/mol. The standard InChI is InChI=1S/C23H19BrCl2FN5O/c1-13-21(24)14(2)32(29-13)10-15-5-3-6-16(9-15)23(33)28-22-19(26)12-31(30-22)11-17-18(25)7-4-8-20(17)27/h3-9,12H,10-11H2,1-2H3,(H,28,30,33). The molecule has 0 bridgehead atoms. The highest BCUT2D eigenvalue weighted by Gasteiger charge is 2.16. The van der Waals surface area contributed by atoms with E-state index in [1.54, 1.807) is 18.2 Å². The summed E-state index contributed by atoms with van der Waals surface area (Å²) in [5, 5.41) is 12.0. The second kappa shape index (κ2) is 9.67. The monoisotopic (exact) mass is 549 g/mol. The second-order valence-electron chi connectivity index (χ2n) is 7.52. The Morgan fingerprint density at radius 1 is 1.09 bits per heavy atom. The van der Waals surface area contributed by atoms with Crippen LogP contribution in [0.15, 0.2) is 53.1 Å². The third kappa shape index (κ3) is 5.13. The van der Waals surface area contributed by atoms with Gasteiger partial charge >= 0.3 is 0 Å². The zero-order chi connectivity index (χ0) is 23.7.